The van der Waals surface area contributed by atoms with Crippen LogP contribution < -0.4 is 10.1 Å². The highest BCUT2D eigenvalue weighted by Crippen LogP contribution is 2.18. The standard InChI is InChI=1S/C27H28ClN3O2/c1-2-20-8-14-23(15-9-20)33-19-5-18-31-25-7-4-3-6-24(25)30-26(31)16-17-29-27(32)21-10-12-22(28)13-11-21/h3-4,6-15H,2,5,16-19H2,1H3,(H,29,32). The van der Waals surface area contributed by atoms with E-state index in [2.05, 4.69) is 35.0 Å². The number of nitrogens with zero attached hydrogens (tertiary/aromatic N) is 2. The molecule has 0 fully saturated rings. The monoisotopic (exact) mass is 461 g/mol. The highest BCUT2D eigenvalue weighted by molar-refractivity contribution is 6.30. The first-order valence-electron chi connectivity index (χ1n) is 11.3. The van der Waals surface area contributed by atoms with Crippen molar-refractivity contribution in [3.8, 4) is 5.75 Å². The van der Waals surface area contributed by atoms with Crippen molar-refractivity contribution in [2.75, 3.05) is 13.2 Å². The first kappa shape index (κ1) is 22.9. The lowest BCUT2D eigenvalue weighted by molar-refractivity contribution is 0.0954. The number of imidazole rings is 1. The molecule has 1 heterocycles. The van der Waals surface area contributed by atoms with Gasteiger partial charge in [-0.1, -0.05) is 42.8 Å². The van der Waals surface area contributed by atoms with E-state index >= 15 is 0 Å². The number of nitrogens with one attached hydrogen (secondary N) is 1. The van der Waals surface area contributed by atoms with Gasteiger partial charge < -0.3 is 14.6 Å². The Morgan fingerprint density at radius 3 is 2.55 bits per heavy atom. The zero-order chi connectivity index (χ0) is 23.0. The van der Waals surface area contributed by atoms with Gasteiger partial charge in [0.05, 0.1) is 17.6 Å². The van der Waals surface area contributed by atoms with Gasteiger partial charge in [0, 0.05) is 30.1 Å². The second-order valence-electron chi connectivity index (χ2n) is 7.88. The van der Waals surface area contributed by atoms with Gasteiger partial charge in [0.2, 0.25) is 0 Å². The summed E-state index contributed by atoms with van der Waals surface area (Å²) < 4.78 is 8.16. The maximum Gasteiger partial charge on any atom is 0.251 e. The third-order valence-electron chi connectivity index (χ3n) is 5.60. The Labute approximate surface area is 199 Å². The van der Waals surface area contributed by atoms with E-state index in [0.29, 0.717) is 30.2 Å². The Balaban J connectivity index is 1.35. The van der Waals surface area contributed by atoms with Crippen LogP contribution in [-0.4, -0.2) is 28.6 Å². The molecule has 33 heavy (non-hydrogen) atoms. The molecule has 0 aliphatic rings. The molecule has 0 atom stereocenters. The predicted molar refractivity (Wildman–Crippen MR) is 133 cm³/mol. The van der Waals surface area contributed by atoms with E-state index in [1.54, 1.807) is 24.3 Å². The van der Waals surface area contributed by atoms with Crippen molar-refractivity contribution in [1.29, 1.82) is 0 Å². The first-order valence-corrected chi connectivity index (χ1v) is 11.7. The molecule has 3 aromatic carbocycles. The van der Waals surface area contributed by atoms with Crippen molar-refractivity contribution in [3.05, 3.63) is 94.8 Å². The second-order valence-corrected chi connectivity index (χ2v) is 8.32. The molecule has 1 amide bonds. The Bertz CT molecular complexity index is 1200. The van der Waals surface area contributed by atoms with Crippen LogP contribution in [0, 0.1) is 0 Å². The maximum atomic E-state index is 12.4. The normalized spacial score (nSPS) is 11.0. The predicted octanol–water partition coefficient (Wildman–Crippen LogP) is 5.69. The van der Waals surface area contributed by atoms with Crippen LogP contribution in [0.2, 0.25) is 5.02 Å². The summed E-state index contributed by atoms with van der Waals surface area (Å²) in [4.78, 5) is 17.2. The zero-order valence-electron chi connectivity index (χ0n) is 18.8. The van der Waals surface area contributed by atoms with Crippen LogP contribution in [0.4, 0.5) is 0 Å². The number of benzene rings is 3. The first-order chi connectivity index (χ1) is 16.1. The molecule has 0 saturated carbocycles. The van der Waals surface area contributed by atoms with Crippen molar-refractivity contribution in [3.63, 3.8) is 0 Å². The van der Waals surface area contributed by atoms with Gasteiger partial charge in [-0.15, -0.1) is 0 Å². The molecule has 0 aliphatic carbocycles. The number of carbonyl (C=O) groups excluding carboxylic acids is 1. The molecule has 1 aromatic heterocycles. The lowest BCUT2D eigenvalue weighted by atomic mass is 10.2. The molecular weight excluding hydrogens is 434 g/mol. The average Bonchev–Trinajstić information content (AvgIpc) is 3.20. The van der Waals surface area contributed by atoms with E-state index < -0.39 is 0 Å². The van der Waals surface area contributed by atoms with Crippen LogP contribution in [0.25, 0.3) is 11.0 Å². The van der Waals surface area contributed by atoms with Crippen molar-refractivity contribution in [2.45, 2.75) is 32.7 Å². The van der Waals surface area contributed by atoms with Gasteiger partial charge in [-0.3, -0.25) is 4.79 Å². The van der Waals surface area contributed by atoms with E-state index in [0.717, 1.165) is 42.0 Å². The molecule has 6 heteroatoms. The summed E-state index contributed by atoms with van der Waals surface area (Å²) in [6.45, 7) is 4.08. The summed E-state index contributed by atoms with van der Waals surface area (Å²) in [7, 11) is 0. The molecule has 0 radical (unpaired) electrons. The number of halogens is 1. The van der Waals surface area contributed by atoms with Gasteiger partial charge in [-0.2, -0.15) is 0 Å². The Morgan fingerprint density at radius 1 is 1.03 bits per heavy atom. The van der Waals surface area contributed by atoms with E-state index in [4.69, 9.17) is 21.3 Å². The Kier molecular flexibility index (Phi) is 7.63. The second kappa shape index (κ2) is 11.0. The van der Waals surface area contributed by atoms with Crippen LogP contribution in [0.3, 0.4) is 0 Å². The molecule has 0 aliphatic heterocycles. The van der Waals surface area contributed by atoms with Crippen molar-refractivity contribution < 1.29 is 9.53 Å². The lowest BCUT2D eigenvalue weighted by Crippen LogP contribution is -2.26. The summed E-state index contributed by atoms with van der Waals surface area (Å²) in [5, 5.41) is 3.59. The van der Waals surface area contributed by atoms with E-state index in [1.807, 2.05) is 30.3 Å². The molecular formula is C27H28ClN3O2. The van der Waals surface area contributed by atoms with Gasteiger partial charge in [-0.25, -0.2) is 4.98 Å². The third kappa shape index (κ3) is 5.93. The fourth-order valence-corrected chi connectivity index (χ4v) is 3.92. The SMILES string of the molecule is CCc1ccc(OCCCn2c(CCNC(=O)c3ccc(Cl)cc3)nc3ccccc32)cc1. The van der Waals surface area contributed by atoms with Crippen molar-refractivity contribution in [2.24, 2.45) is 0 Å². The van der Waals surface area contributed by atoms with Gasteiger partial charge >= 0.3 is 0 Å². The minimum atomic E-state index is -0.114. The quantitative estimate of drug-likeness (QED) is 0.308. The molecule has 0 unspecified atom stereocenters. The maximum absolute atomic E-state index is 12.4. The minimum absolute atomic E-state index is 0.114. The molecule has 4 rings (SSSR count). The van der Waals surface area contributed by atoms with Crippen molar-refractivity contribution in [1.82, 2.24) is 14.9 Å². The van der Waals surface area contributed by atoms with E-state index in [9.17, 15) is 4.79 Å². The fraction of sp³-hybridized carbons (Fsp3) is 0.259. The van der Waals surface area contributed by atoms with E-state index in [-0.39, 0.29) is 5.91 Å². The van der Waals surface area contributed by atoms with Crippen LogP contribution >= 0.6 is 11.6 Å². The number of aryl methyl sites for hydroxylation is 2. The smallest absolute Gasteiger partial charge is 0.251 e. The average molecular weight is 462 g/mol. The fourth-order valence-electron chi connectivity index (χ4n) is 3.79. The number of carbonyl (C=O) groups is 1. The number of fused-ring (bicyclic) bond motifs is 1. The summed E-state index contributed by atoms with van der Waals surface area (Å²) >= 11 is 5.90. The summed E-state index contributed by atoms with van der Waals surface area (Å²) in [6.07, 6.45) is 2.53. The number of amides is 1. The third-order valence-corrected chi connectivity index (χ3v) is 5.85. The van der Waals surface area contributed by atoms with E-state index in [1.165, 1.54) is 5.56 Å². The molecule has 5 nitrogen and oxygen atoms in total. The molecule has 0 bridgehead atoms. The Hall–Kier alpha value is -3.31. The van der Waals surface area contributed by atoms with Crippen LogP contribution in [0.15, 0.2) is 72.8 Å². The zero-order valence-corrected chi connectivity index (χ0v) is 19.5. The number of hydrogen-bond donors (Lipinski definition) is 1. The molecule has 0 spiro atoms. The van der Waals surface area contributed by atoms with Gasteiger partial charge in [0.1, 0.15) is 11.6 Å². The number of para-hydroxylation sites is 2. The molecule has 170 valence electrons. The topological polar surface area (TPSA) is 56.1 Å². The lowest BCUT2D eigenvalue weighted by Gasteiger charge is -2.11. The Morgan fingerprint density at radius 2 is 1.79 bits per heavy atom. The minimum Gasteiger partial charge on any atom is -0.494 e. The van der Waals surface area contributed by atoms with Crippen molar-refractivity contribution >= 4 is 28.5 Å². The highest BCUT2D eigenvalue weighted by atomic mass is 35.5. The number of hydrogen-bond acceptors (Lipinski definition) is 3. The van der Waals surface area contributed by atoms with Crippen LogP contribution in [0.5, 0.6) is 5.75 Å². The molecule has 4 aromatic rings. The largest absolute Gasteiger partial charge is 0.494 e. The number of aromatic nitrogens is 2. The summed E-state index contributed by atoms with van der Waals surface area (Å²) in [5.74, 6) is 1.74. The van der Waals surface area contributed by atoms with Gasteiger partial charge in [-0.05, 0) is 66.9 Å². The van der Waals surface area contributed by atoms with Gasteiger partial charge in [0.25, 0.3) is 5.91 Å². The highest BCUT2D eigenvalue weighted by Gasteiger charge is 2.11. The summed E-state index contributed by atoms with van der Waals surface area (Å²) in [6, 6.07) is 23.3. The molecule has 1 N–H and O–H groups in total. The van der Waals surface area contributed by atoms with Gasteiger partial charge in [0.15, 0.2) is 0 Å². The summed E-state index contributed by atoms with van der Waals surface area (Å²) in [5.41, 5.74) is 3.97. The number of ether oxygens (including phenoxy) is 1. The van der Waals surface area contributed by atoms with Crippen LogP contribution in [-0.2, 0) is 19.4 Å². The molecule has 0 saturated heterocycles. The number of rotatable bonds is 10. The van der Waals surface area contributed by atoms with Crippen LogP contribution in [0.1, 0.15) is 35.1 Å².